The Morgan fingerprint density at radius 2 is 2.07 bits per heavy atom. The summed E-state index contributed by atoms with van der Waals surface area (Å²) in [7, 11) is 0. The number of pyridine rings is 1. The second-order valence-electron chi connectivity index (χ2n) is 7.95. The number of aliphatic hydroxyl groups excluding tert-OH is 1. The number of aromatic nitrogens is 1. The van der Waals surface area contributed by atoms with Gasteiger partial charge in [-0.2, -0.15) is 0 Å². The molecule has 7 heteroatoms. The fourth-order valence-corrected chi connectivity index (χ4v) is 4.89. The molecule has 2 fully saturated rings. The van der Waals surface area contributed by atoms with Crippen molar-refractivity contribution in [3.8, 4) is 0 Å². The molecule has 1 aromatic rings. The number of nitrogens with one attached hydrogen (secondary N) is 1. The smallest absolute Gasteiger partial charge is 0.250 e. The molecule has 0 spiro atoms. The van der Waals surface area contributed by atoms with Crippen molar-refractivity contribution in [3.05, 3.63) is 34.2 Å². The first-order valence-electron chi connectivity index (χ1n) is 9.99. The van der Waals surface area contributed by atoms with Crippen molar-refractivity contribution < 1.29 is 14.7 Å². The molecule has 146 valence electrons. The highest BCUT2D eigenvalue weighted by Gasteiger charge is 2.58. The van der Waals surface area contributed by atoms with Crippen molar-refractivity contribution in [3.63, 3.8) is 0 Å². The van der Waals surface area contributed by atoms with Gasteiger partial charge in [-0.15, -0.1) is 0 Å². The van der Waals surface area contributed by atoms with E-state index in [1.54, 1.807) is 10.6 Å². The van der Waals surface area contributed by atoms with Crippen LogP contribution in [0.25, 0.3) is 0 Å². The molecule has 2 aliphatic heterocycles. The number of hydrogen-bond acceptors (Lipinski definition) is 4. The van der Waals surface area contributed by atoms with Crippen LogP contribution in [0.5, 0.6) is 0 Å². The van der Waals surface area contributed by atoms with Gasteiger partial charge < -0.3 is 19.9 Å². The van der Waals surface area contributed by atoms with Gasteiger partial charge in [0, 0.05) is 43.3 Å². The maximum atomic E-state index is 13.2. The summed E-state index contributed by atoms with van der Waals surface area (Å²) in [6, 6.07) is 4.22. The van der Waals surface area contributed by atoms with E-state index in [0.29, 0.717) is 18.8 Å². The molecule has 3 heterocycles. The van der Waals surface area contributed by atoms with Gasteiger partial charge in [-0.05, 0) is 25.3 Å². The molecule has 0 aromatic carbocycles. The average Bonchev–Trinajstić information content (AvgIpc) is 2.86. The highest BCUT2D eigenvalue weighted by atomic mass is 16.3. The molecule has 2 bridgehead atoms. The minimum atomic E-state index is -0.536. The van der Waals surface area contributed by atoms with E-state index in [1.807, 2.05) is 17.9 Å². The Kier molecular flexibility index (Phi) is 4.80. The van der Waals surface area contributed by atoms with Crippen molar-refractivity contribution >= 4 is 11.8 Å². The lowest BCUT2D eigenvalue weighted by molar-refractivity contribution is -0.143. The molecule has 4 rings (SSSR count). The summed E-state index contributed by atoms with van der Waals surface area (Å²) >= 11 is 0. The van der Waals surface area contributed by atoms with E-state index in [0.717, 1.165) is 25.7 Å². The third-order valence-corrected chi connectivity index (χ3v) is 6.48. The lowest BCUT2D eigenvalue weighted by atomic mass is 9.83. The summed E-state index contributed by atoms with van der Waals surface area (Å²) in [5, 5.41) is 13.0. The summed E-state index contributed by atoms with van der Waals surface area (Å²) in [5.41, 5.74) is 0.587. The Labute approximate surface area is 158 Å². The van der Waals surface area contributed by atoms with Crippen LogP contribution < -0.4 is 10.9 Å². The summed E-state index contributed by atoms with van der Waals surface area (Å²) in [4.78, 5) is 40.4. The lowest BCUT2D eigenvalue weighted by Gasteiger charge is -2.41. The van der Waals surface area contributed by atoms with Crippen LogP contribution in [-0.4, -0.2) is 45.6 Å². The van der Waals surface area contributed by atoms with E-state index in [-0.39, 0.29) is 41.9 Å². The normalized spacial score (nSPS) is 29.2. The van der Waals surface area contributed by atoms with Gasteiger partial charge in [0.1, 0.15) is 0 Å². The van der Waals surface area contributed by atoms with Crippen molar-refractivity contribution in [1.29, 1.82) is 0 Å². The predicted molar refractivity (Wildman–Crippen MR) is 98.8 cm³/mol. The summed E-state index contributed by atoms with van der Waals surface area (Å²) in [6.07, 6.45) is 3.64. The largest absolute Gasteiger partial charge is 0.396 e. The summed E-state index contributed by atoms with van der Waals surface area (Å²) < 4.78 is 1.68. The molecular formula is C20H27N3O4. The number of hydrogen-bond donors (Lipinski definition) is 2. The second-order valence-corrected chi connectivity index (χ2v) is 7.95. The van der Waals surface area contributed by atoms with Crippen molar-refractivity contribution in [2.75, 3.05) is 13.2 Å². The molecule has 2 N–H and O–H groups in total. The Bertz CT molecular complexity index is 801. The molecule has 27 heavy (non-hydrogen) atoms. The maximum absolute atomic E-state index is 13.2. The van der Waals surface area contributed by atoms with Crippen LogP contribution in [0.1, 0.15) is 44.3 Å². The molecule has 2 amide bonds. The topological polar surface area (TPSA) is 91.6 Å². The molecule has 1 aliphatic carbocycles. The molecule has 1 aromatic heterocycles. The highest BCUT2D eigenvalue weighted by molar-refractivity contribution is 5.85. The van der Waals surface area contributed by atoms with E-state index in [2.05, 4.69) is 5.32 Å². The number of amides is 2. The fraction of sp³-hybridized carbons (Fsp3) is 0.650. The zero-order valence-electron chi connectivity index (χ0n) is 15.6. The molecule has 1 saturated heterocycles. The first kappa shape index (κ1) is 18.2. The van der Waals surface area contributed by atoms with Crippen LogP contribution in [0, 0.1) is 17.8 Å². The molecular weight excluding hydrogens is 346 g/mol. The number of fused-ring (bicyclic) bond motifs is 4. The number of rotatable bonds is 5. The SMILES string of the molecule is CCCNC(=O)[C@@H]1[C@@H](CO)[C@@H]2Cn3c(cccc3=O)[C@H]1N2C(=O)C1CCC1. The number of aliphatic hydroxyl groups is 1. The van der Waals surface area contributed by atoms with Gasteiger partial charge >= 0.3 is 0 Å². The zero-order chi connectivity index (χ0) is 19.1. The van der Waals surface area contributed by atoms with Crippen LogP contribution in [-0.2, 0) is 16.1 Å². The van der Waals surface area contributed by atoms with E-state index in [4.69, 9.17) is 0 Å². The van der Waals surface area contributed by atoms with Gasteiger partial charge in [0.25, 0.3) is 5.56 Å². The Morgan fingerprint density at radius 3 is 2.70 bits per heavy atom. The van der Waals surface area contributed by atoms with E-state index in [1.165, 1.54) is 6.07 Å². The van der Waals surface area contributed by atoms with Gasteiger partial charge in [0.2, 0.25) is 11.8 Å². The third kappa shape index (κ3) is 2.79. The monoisotopic (exact) mass is 373 g/mol. The van der Waals surface area contributed by atoms with Gasteiger partial charge in [0.05, 0.1) is 18.0 Å². The Balaban J connectivity index is 1.79. The van der Waals surface area contributed by atoms with Crippen LogP contribution in [0.2, 0.25) is 0 Å². The summed E-state index contributed by atoms with van der Waals surface area (Å²) in [5.74, 6) is -0.960. The fourth-order valence-electron chi connectivity index (χ4n) is 4.89. The van der Waals surface area contributed by atoms with Crippen LogP contribution in [0.3, 0.4) is 0 Å². The molecule has 1 saturated carbocycles. The minimum absolute atomic E-state index is 0.00813. The van der Waals surface area contributed by atoms with Gasteiger partial charge in [0.15, 0.2) is 0 Å². The number of nitrogens with zero attached hydrogens (tertiary/aromatic N) is 2. The van der Waals surface area contributed by atoms with Crippen molar-refractivity contribution in [1.82, 2.24) is 14.8 Å². The molecule has 4 atom stereocenters. The van der Waals surface area contributed by atoms with Gasteiger partial charge in [-0.3, -0.25) is 14.4 Å². The molecule has 0 unspecified atom stereocenters. The quantitative estimate of drug-likeness (QED) is 0.793. The highest BCUT2D eigenvalue weighted by Crippen LogP contribution is 2.49. The van der Waals surface area contributed by atoms with Crippen molar-refractivity contribution in [2.45, 2.75) is 51.2 Å². The third-order valence-electron chi connectivity index (χ3n) is 6.48. The molecule has 7 nitrogen and oxygen atoms in total. The standard InChI is InChI=1S/C20H27N3O4/c1-2-9-21-19(26)17-13(11-24)15-10-22-14(7-4-8-16(22)25)18(17)23(15)20(27)12-5-3-6-12/h4,7-8,12-13,15,17-18,24H,2-3,5-6,9-11H2,1H3,(H,21,26)/t13-,15-,17+,18+/m0/s1. The van der Waals surface area contributed by atoms with Gasteiger partial charge in [-0.25, -0.2) is 0 Å². The predicted octanol–water partition coefficient (Wildman–Crippen LogP) is 0.665. The summed E-state index contributed by atoms with van der Waals surface area (Å²) in [6.45, 7) is 2.70. The van der Waals surface area contributed by atoms with Crippen LogP contribution in [0.4, 0.5) is 0 Å². The average molecular weight is 373 g/mol. The van der Waals surface area contributed by atoms with E-state index < -0.39 is 12.0 Å². The van der Waals surface area contributed by atoms with E-state index in [9.17, 15) is 19.5 Å². The Hall–Kier alpha value is -2.15. The van der Waals surface area contributed by atoms with Crippen LogP contribution >= 0.6 is 0 Å². The van der Waals surface area contributed by atoms with Crippen LogP contribution in [0.15, 0.2) is 23.0 Å². The minimum Gasteiger partial charge on any atom is -0.396 e. The van der Waals surface area contributed by atoms with Crippen molar-refractivity contribution in [2.24, 2.45) is 17.8 Å². The van der Waals surface area contributed by atoms with Gasteiger partial charge in [-0.1, -0.05) is 19.4 Å². The number of carbonyl (C=O) groups is 2. The number of carbonyl (C=O) groups excluding carboxylic acids is 2. The first-order chi connectivity index (χ1) is 13.1. The Morgan fingerprint density at radius 1 is 1.30 bits per heavy atom. The lowest BCUT2D eigenvalue weighted by Crippen LogP contribution is -2.51. The zero-order valence-corrected chi connectivity index (χ0v) is 15.6. The maximum Gasteiger partial charge on any atom is 0.250 e. The first-order valence-corrected chi connectivity index (χ1v) is 9.99. The molecule has 3 aliphatic rings. The molecule has 0 radical (unpaired) electrons. The van der Waals surface area contributed by atoms with E-state index >= 15 is 0 Å². The second kappa shape index (κ2) is 7.11.